The van der Waals surface area contributed by atoms with Gasteiger partial charge in [0.05, 0.1) is 15.6 Å². The van der Waals surface area contributed by atoms with Crippen molar-refractivity contribution in [1.29, 1.82) is 0 Å². The number of amides is 1. The molecule has 4 nitrogen and oxygen atoms in total. The van der Waals surface area contributed by atoms with Crippen molar-refractivity contribution in [2.45, 2.75) is 6.54 Å². The van der Waals surface area contributed by atoms with Crippen molar-refractivity contribution in [3.63, 3.8) is 0 Å². The summed E-state index contributed by atoms with van der Waals surface area (Å²) in [5.41, 5.74) is 1.21. The zero-order valence-corrected chi connectivity index (χ0v) is 12.2. The maximum absolute atomic E-state index is 12.2. The molecule has 0 aliphatic carbocycles. The third-order valence-corrected chi connectivity index (χ3v) is 3.69. The van der Waals surface area contributed by atoms with Crippen LogP contribution in [0.5, 0.6) is 0 Å². The van der Waals surface area contributed by atoms with E-state index < -0.39 is 0 Å². The van der Waals surface area contributed by atoms with Crippen LogP contribution >= 0.6 is 23.2 Å². The molecule has 0 aliphatic rings. The summed E-state index contributed by atoms with van der Waals surface area (Å²) < 4.78 is 0.630. The molecule has 2 rings (SSSR count). The van der Waals surface area contributed by atoms with Crippen LogP contribution in [0.2, 0.25) is 10.0 Å². The highest BCUT2D eigenvalue weighted by molar-refractivity contribution is 6.42. The smallest absolute Gasteiger partial charge is 0.254 e. The highest BCUT2D eigenvalue weighted by Gasteiger charge is 2.14. The zero-order valence-electron chi connectivity index (χ0n) is 10.7. The Hall–Kier alpha value is -1.78. The van der Waals surface area contributed by atoms with Gasteiger partial charge in [0.1, 0.15) is 0 Å². The van der Waals surface area contributed by atoms with Crippen LogP contribution in [0, 0.1) is 5.21 Å². The SMILES string of the molecule is CN(Cc1cccc(Cl)c1Cl)C(=O)c1cc[n+]([O-])cc1. The largest absolute Gasteiger partial charge is 0.619 e. The molecule has 1 aromatic heterocycles. The fraction of sp³-hybridized carbons (Fsp3) is 0.143. The first-order valence-corrected chi connectivity index (χ1v) is 6.62. The molecule has 6 heteroatoms. The fourth-order valence-corrected chi connectivity index (χ4v) is 2.15. The van der Waals surface area contributed by atoms with E-state index in [9.17, 15) is 10.0 Å². The van der Waals surface area contributed by atoms with E-state index in [2.05, 4.69) is 0 Å². The van der Waals surface area contributed by atoms with Crippen molar-refractivity contribution in [3.05, 3.63) is 69.1 Å². The van der Waals surface area contributed by atoms with Crippen molar-refractivity contribution in [2.75, 3.05) is 7.05 Å². The molecular formula is C14H12Cl2N2O2. The molecule has 0 fully saturated rings. The lowest BCUT2D eigenvalue weighted by atomic mass is 10.2. The van der Waals surface area contributed by atoms with Gasteiger partial charge in [-0.15, -0.1) is 0 Å². The molecule has 0 unspecified atom stereocenters. The van der Waals surface area contributed by atoms with E-state index in [0.29, 0.717) is 26.9 Å². The normalized spacial score (nSPS) is 10.3. The molecule has 0 saturated heterocycles. The second-order valence-corrected chi connectivity index (χ2v) is 5.11. The van der Waals surface area contributed by atoms with Crippen LogP contribution in [0.15, 0.2) is 42.7 Å². The highest BCUT2D eigenvalue weighted by atomic mass is 35.5. The van der Waals surface area contributed by atoms with Crippen LogP contribution in [-0.4, -0.2) is 17.9 Å². The van der Waals surface area contributed by atoms with Gasteiger partial charge in [-0.1, -0.05) is 35.3 Å². The van der Waals surface area contributed by atoms with Crippen LogP contribution in [-0.2, 0) is 6.54 Å². The van der Waals surface area contributed by atoms with Crippen molar-refractivity contribution in [1.82, 2.24) is 4.90 Å². The van der Waals surface area contributed by atoms with E-state index in [1.54, 1.807) is 19.2 Å². The second kappa shape index (κ2) is 6.11. The monoisotopic (exact) mass is 310 g/mol. The number of aromatic nitrogens is 1. The first kappa shape index (κ1) is 14.6. The van der Waals surface area contributed by atoms with E-state index in [0.717, 1.165) is 5.56 Å². The quantitative estimate of drug-likeness (QED) is 0.646. The Morgan fingerprint density at radius 2 is 1.90 bits per heavy atom. The summed E-state index contributed by atoms with van der Waals surface area (Å²) in [6, 6.07) is 8.25. The van der Waals surface area contributed by atoms with Gasteiger partial charge in [-0.25, -0.2) is 0 Å². The number of carbonyl (C=O) groups is 1. The van der Waals surface area contributed by atoms with E-state index in [1.165, 1.54) is 29.4 Å². The predicted molar refractivity (Wildman–Crippen MR) is 77.7 cm³/mol. The number of carbonyl (C=O) groups excluding carboxylic acids is 1. The Morgan fingerprint density at radius 3 is 2.55 bits per heavy atom. The Bertz CT molecular complexity index is 630. The summed E-state index contributed by atoms with van der Waals surface area (Å²) in [5, 5.41) is 11.8. The molecule has 0 bridgehead atoms. The average molecular weight is 311 g/mol. The third-order valence-electron chi connectivity index (χ3n) is 2.83. The molecule has 0 radical (unpaired) electrons. The summed E-state index contributed by atoms with van der Waals surface area (Å²) in [5.74, 6) is -0.193. The molecule has 2 aromatic rings. The molecular weight excluding hydrogens is 299 g/mol. The van der Waals surface area contributed by atoms with Gasteiger partial charge < -0.3 is 10.1 Å². The third kappa shape index (κ3) is 3.21. The van der Waals surface area contributed by atoms with E-state index in [4.69, 9.17) is 23.2 Å². The molecule has 1 aromatic carbocycles. The topological polar surface area (TPSA) is 47.2 Å². The van der Waals surface area contributed by atoms with Crippen LogP contribution in [0.25, 0.3) is 0 Å². The van der Waals surface area contributed by atoms with Gasteiger partial charge in [0.2, 0.25) is 0 Å². The molecule has 0 saturated carbocycles. The molecule has 1 amide bonds. The Morgan fingerprint density at radius 1 is 1.25 bits per heavy atom. The van der Waals surface area contributed by atoms with Gasteiger partial charge in [0.25, 0.3) is 5.91 Å². The lowest BCUT2D eigenvalue weighted by Crippen LogP contribution is -2.29. The number of hydrogen-bond donors (Lipinski definition) is 0. The average Bonchev–Trinajstić information content (AvgIpc) is 2.44. The number of benzene rings is 1. The highest BCUT2D eigenvalue weighted by Crippen LogP contribution is 2.26. The summed E-state index contributed by atoms with van der Waals surface area (Å²) in [6.45, 7) is 0.338. The summed E-state index contributed by atoms with van der Waals surface area (Å²) in [6.07, 6.45) is 2.57. The Kier molecular flexibility index (Phi) is 4.47. The van der Waals surface area contributed by atoms with Gasteiger partial charge in [-0.2, -0.15) is 4.73 Å². The number of pyridine rings is 1. The molecule has 0 atom stereocenters. The molecule has 1 heterocycles. The summed E-state index contributed by atoms with van der Waals surface area (Å²) in [7, 11) is 1.66. The number of rotatable bonds is 3. The first-order valence-electron chi connectivity index (χ1n) is 5.86. The molecule has 0 aliphatic heterocycles. The summed E-state index contributed by atoms with van der Waals surface area (Å²) >= 11 is 12.0. The van der Waals surface area contributed by atoms with Crippen molar-refractivity contribution in [3.8, 4) is 0 Å². The number of hydrogen-bond acceptors (Lipinski definition) is 2. The van der Waals surface area contributed by atoms with Crippen LogP contribution in [0.1, 0.15) is 15.9 Å². The minimum Gasteiger partial charge on any atom is -0.619 e. The number of halogens is 2. The van der Waals surface area contributed by atoms with Crippen LogP contribution in [0.3, 0.4) is 0 Å². The van der Waals surface area contributed by atoms with Gasteiger partial charge in [-0.3, -0.25) is 4.79 Å². The van der Waals surface area contributed by atoms with Gasteiger partial charge in [0.15, 0.2) is 12.4 Å². The van der Waals surface area contributed by atoms with Crippen LogP contribution < -0.4 is 4.73 Å². The maximum Gasteiger partial charge on any atom is 0.254 e. The Balaban J connectivity index is 2.15. The van der Waals surface area contributed by atoms with E-state index >= 15 is 0 Å². The maximum atomic E-state index is 12.2. The minimum atomic E-state index is -0.193. The van der Waals surface area contributed by atoms with Gasteiger partial charge in [0, 0.05) is 25.7 Å². The minimum absolute atomic E-state index is 0.193. The van der Waals surface area contributed by atoms with E-state index in [1.807, 2.05) is 6.07 Å². The van der Waals surface area contributed by atoms with Crippen molar-refractivity contribution < 1.29 is 9.52 Å². The van der Waals surface area contributed by atoms with Gasteiger partial charge >= 0.3 is 0 Å². The van der Waals surface area contributed by atoms with Crippen molar-refractivity contribution >= 4 is 29.1 Å². The first-order chi connectivity index (χ1) is 9.49. The summed E-state index contributed by atoms with van der Waals surface area (Å²) in [4.78, 5) is 13.7. The Labute approximate surface area is 126 Å². The molecule has 0 spiro atoms. The lowest BCUT2D eigenvalue weighted by Gasteiger charge is -2.18. The molecule has 104 valence electrons. The zero-order chi connectivity index (χ0) is 14.7. The lowest BCUT2D eigenvalue weighted by molar-refractivity contribution is -0.605. The van der Waals surface area contributed by atoms with Crippen molar-refractivity contribution in [2.24, 2.45) is 0 Å². The predicted octanol–water partition coefficient (Wildman–Crippen LogP) is 2.90. The van der Waals surface area contributed by atoms with E-state index in [-0.39, 0.29) is 5.91 Å². The number of nitrogens with zero attached hydrogens (tertiary/aromatic N) is 2. The molecule has 0 N–H and O–H groups in total. The van der Waals surface area contributed by atoms with Crippen LogP contribution in [0.4, 0.5) is 0 Å². The second-order valence-electron chi connectivity index (χ2n) is 4.32. The fourth-order valence-electron chi connectivity index (χ4n) is 1.77. The molecule has 20 heavy (non-hydrogen) atoms. The van der Waals surface area contributed by atoms with Gasteiger partial charge in [-0.05, 0) is 11.6 Å². The standard InChI is InChI=1S/C14H12Cl2N2O2/c1-17(9-11-3-2-4-12(15)13(11)16)14(19)10-5-7-18(20)8-6-10/h2-8H,9H2,1H3.